The quantitative estimate of drug-likeness (QED) is 0.897. The third-order valence-corrected chi connectivity index (χ3v) is 4.55. The summed E-state index contributed by atoms with van der Waals surface area (Å²) >= 11 is 0. The highest BCUT2D eigenvalue weighted by atomic mass is 16.5. The molecule has 0 spiro atoms. The van der Waals surface area contributed by atoms with Crippen molar-refractivity contribution in [1.29, 1.82) is 0 Å². The summed E-state index contributed by atoms with van der Waals surface area (Å²) in [5.74, 6) is -0.274. The van der Waals surface area contributed by atoms with Crippen molar-refractivity contribution in [3.8, 4) is 0 Å². The van der Waals surface area contributed by atoms with Crippen LogP contribution in [-0.2, 0) is 15.1 Å². The first-order valence-corrected chi connectivity index (χ1v) is 6.78. The number of hydrogen-bond donors (Lipinski definition) is 1. The number of hydrogen-bond acceptors (Lipinski definition) is 5. The molecule has 2 unspecified atom stereocenters. The Balaban J connectivity index is 1.83. The molecule has 1 N–H and O–H groups in total. The van der Waals surface area contributed by atoms with Gasteiger partial charge in [0.15, 0.2) is 0 Å². The summed E-state index contributed by atoms with van der Waals surface area (Å²) in [7, 11) is 1.66. The van der Waals surface area contributed by atoms with Crippen LogP contribution in [0.5, 0.6) is 0 Å². The van der Waals surface area contributed by atoms with Crippen molar-refractivity contribution in [2.24, 2.45) is 5.92 Å². The first-order valence-electron chi connectivity index (χ1n) is 6.78. The molecule has 6 nitrogen and oxygen atoms in total. The highest BCUT2D eigenvalue weighted by Crippen LogP contribution is 2.44. The third-order valence-electron chi connectivity index (χ3n) is 4.55. The molecule has 0 aromatic carbocycles. The van der Waals surface area contributed by atoms with Crippen molar-refractivity contribution in [2.45, 2.75) is 50.0 Å². The number of aromatic nitrogens is 2. The van der Waals surface area contributed by atoms with E-state index in [0.29, 0.717) is 18.1 Å². The zero-order chi connectivity index (χ0) is 13.5. The molecule has 2 saturated carbocycles. The van der Waals surface area contributed by atoms with Crippen molar-refractivity contribution in [2.75, 3.05) is 7.11 Å². The van der Waals surface area contributed by atoms with Crippen molar-refractivity contribution in [3.05, 3.63) is 11.7 Å². The van der Waals surface area contributed by atoms with Gasteiger partial charge in [0.05, 0.1) is 11.8 Å². The maximum Gasteiger partial charge on any atom is 0.307 e. The largest absolute Gasteiger partial charge is 0.481 e. The molecule has 104 valence electrons. The van der Waals surface area contributed by atoms with E-state index in [2.05, 4.69) is 10.1 Å². The minimum Gasteiger partial charge on any atom is -0.481 e. The Morgan fingerprint density at radius 1 is 1.42 bits per heavy atom. The molecular formula is C13H18N2O4. The molecule has 0 bridgehead atoms. The van der Waals surface area contributed by atoms with Crippen LogP contribution in [-0.4, -0.2) is 28.3 Å². The smallest absolute Gasteiger partial charge is 0.307 e. The Morgan fingerprint density at radius 2 is 2.21 bits per heavy atom. The van der Waals surface area contributed by atoms with E-state index in [1.165, 1.54) is 0 Å². The molecule has 0 radical (unpaired) electrons. The lowest BCUT2D eigenvalue weighted by molar-refractivity contribution is -0.142. The molecule has 2 atom stereocenters. The van der Waals surface area contributed by atoms with E-state index in [9.17, 15) is 9.90 Å². The van der Waals surface area contributed by atoms with E-state index < -0.39 is 17.5 Å². The summed E-state index contributed by atoms with van der Waals surface area (Å²) < 4.78 is 10.8. The maximum absolute atomic E-state index is 11.2. The van der Waals surface area contributed by atoms with Gasteiger partial charge in [-0.05, 0) is 32.1 Å². The van der Waals surface area contributed by atoms with Crippen LogP contribution in [0, 0.1) is 5.92 Å². The summed E-state index contributed by atoms with van der Waals surface area (Å²) in [5.41, 5.74) is -0.404. The van der Waals surface area contributed by atoms with Crippen LogP contribution in [0.1, 0.15) is 56.2 Å². The molecule has 2 fully saturated rings. The van der Waals surface area contributed by atoms with Crippen molar-refractivity contribution < 1.29 is 19.2 Å². The molecule has 2 aliphatic carbocycles. The maximum atomic E-state index is 11.2. The third kappa shape index (κ3) is 1.94. The number of carbonyl (C=O) groups is 1. The lowest BCUT2D eigenvalue weighted by Gasteiger charge is -2.37. The second-order valence-electron chi connectivity index (χ2n) is 5.49. The molecular weight excluding hydrogens is 248 g/mol. The second kappa shape index (κ2) is 4.59. The van der Waals surface area contributed by atoms with Gasteiger partial charge in [-0.1, -0.05) is 11.6 Å². The fourth-order valence-corrected chi connectivity index (χ4v) is 3.14. The van der Waals surface area contributed by atoms with E-state index in [4.69, 9.17) is 9.26 Å². The van der Waals surface area contributed by atoms with Crippen LogP contribution in [0.4, 0.5) is 0 Å². The highest BCUT2D eigenvalue weighted by molar-refractivity contribution is 5.71. The number of carboxylic acids is 1. The van der Waals surface area contributed by atoms with Gasteiger partial charge < -0.3 is 14.4 Å². The van der Waals surface area contributed by atoms with Crippen molar-refractivity contribution in [1.82, 2.24) is 10.1 Å². The van der Waals surface area contributed by atoms with Gasteiger partial charge in [-0.2, -0.15) is 4.98 Å². The molecule has 19 heavy (non-hydrogen) atoms. The topological polar surface area (TPSA) is 85.5 Å². The van der Waals surface area contributed by atoms with Crippen LogP contribution < -0.4 is 0 Å². The number of carboxylic acid groups (broad SMARTS) is 1. The molecule has 0 aliphatic heterocycles. The van der Waals surface area contributed by atoms with Crippen LogP contribution in [0.15, 0.2) is 4.52 Å². The average Bonchev–Trinajstić information content (AvgIpc) is 2.95. The minimum atomic E-state index is -0.771. The Bertz CT molecular complexity index is 475. The van der Waals surface area contributed by atoms with E-state index in [1.807, 2.05) is 0 Å². The monoisotopic (exact) mass is 266 g/mol. The Labute approximate surface area is 111 Å². The van der Waals surface area contributed by atoms with E-state index >= 15 is 0 Å². The molecule has 1 aromatic heterocycles. The second-order valence-corrected chi connectivity index (χ2v) is 5.49. The van der Waals surface area contributed by atoms with Gasteiger partial charge in [-0.25, -0.2) is 0 Å². The highest BCUT2D eigenvalue weighted by Gasteiger charge is 2.45. The number of ether oxygens (including phenoxy) is 1. The Morgan fingerprint density at radius 3 is 2.79 bits per heavy atom. The molecule has 3 rings (SSSR count). The molecule has 0 saturated heterocycles. The SMILES string of the molecule is COC1(c2noc(C3CCCC3C(=O)O)n2)CCC1. The van der Waals surface area contributed by atoms with Crippen LogP contribution in [0.3, 0.4) is 0 Å². The molecule has 1 aromatic rings. The zero-order valence-corrected chi connectivity index (χ0v) is 11.0. The predicted molar refractivity (Wildman–Crippen MR) is 64.6 cm³/mol. The number of aliphatic carboxylic acids is 1. The minimum absolute atomic E-state index is 0.146. The van der Waals surface area contributed by atoms with E-state index in [-0.39, 0.29) is 5.92 Å². The van der Waals surface area contributed by atoms with Gasteiger partial charge >= 0.3 is 5.97 Å². The summed E-state index contributed by atoms with van der Waals surface area (Å²) in [6, 6.07) is 0. The Kier molecular flexibility index (Phi) is 3.05. The fourth-order valence-electron chi connectivity index (χ4n) is 3.14. The lowest BCUT2D eigenvalue weighted by atomic mass is 9.79. The standard InChI is InChI=1S/C13H18N2O4/c1-18-13(6-3-7-13)12-14-10(19-15-12)8-4-2-5-9(8)11(16)17/h8-9H,2-7H2,1H3,(H,16,17). The van der Waals surface area contributed by atoms with E-state index in [1.54, 1.807) is 7.11 Å². The number of rotatable bonds is 4. The first-order chi connectivity index (χ1) is 9.16. The molecule has 6 heteroatoms. The van der Waals surface area contributed by atoms with Crippen LogP contribution in [0.25, 0.3) is 0 Å². The Hall–Kier alpha value is -1.43. The average molecular weight is 266 g/mol. The van der Waals surface area contributed by atoms with Gasteiger partial charge in [0.25, 0.3) is 0 Å². The van der Waals surface area contributed by atoms with Crippen LogP contribution >= 0.6 is 0 Å². The summed E-state index contributed by atoms with van der Waals surface area (Å²) in [4.78, 5) is 15.6. The summed E-state index contributed by atoms with van der Waals surface area (Å²) in [6.07, 6.45) is 5.28. The van der Waals surface area contributed by atoms with Crippen molar-refractivity contribution in [3.63, 3.8) is 0 Å². The van der Waals surface area contributed by atoms with Gasteiger partial charge in [-0.3, -0.25) is 4.79 Å². The fraction of sp³-hybridized carbons (Fsp3) is 0.769. The molecule has 0 amide bonds. The molecule has 2 aliphatic rings. The van der Waals surface area contributed by atoms with Gasteiger partial charge in [0, 0.05) is 7.11 Å². The van der Waals surface area contributed by atoms with Crippen LogP contribution in [0.2, 0.25) is 0 Å². The van der Waals surface area contributed by atoms with E-state index in [0.717, 1.165) is 32.1 Å². The predicted octanol–water partition coefficient (Wildman–Crippen LogP) is 2.06. The number of methoxy groups -OCH3 is 1. The normalized spacial score (nSPS) is 29.1. The first kappa shape index (κ1) is 12.6. The zero-order valence-electron chi connectivity index (χ0n) is 11.0. The number of nitrogens with zero attached hydrogens (tertiary/aromatic N) is 2. The van der Waals surface area contributed by atoms with Gasteiger partial charge in [0.1, 0.15) is 5.60 Å². The van der Waals surface area contributed by atoms with Crippen molar-refractivity contribution >= 4 is 5.97 Å². The summed E-state index contributed by atoms with van der Waals surface area (Å²) in [6.45, 7) is 0. The molecule has 1 heterocycles. The summed E-state index contributed by atoms with van der Waals surface area (Å²) in [5, 5.41) is 13.2. The van der Waals surface area contributed by atoms with Gasteiger partial charge in [-0.15, -0.1) is 0 Å². The lowest BCUT2D eigenvalue weighted by Crippen LogP contribution is -2.37. The van der Waals surface area contributed by atoms with Gasteiger partial charge in [0.2, 0.25) is 11.7 Å².